The fraction of sp³-hybridized carbons (Fsp3) is 0.846. The van der Waals surface area contributed by atoms with Crippen molar-refractivity contribution >= 4 is 0 Å². The third-order valence-corrected chi connectivity index (χ3v) is 3.74. The van der Waals surface area contributed by atoms with Crippen molar-refractivity contribution in [2.45, 2.75) is 58.4 Å². The predicted molar refractivity (Wildman–Crippen MR) is 66.8 cm³/mol. The van der Waals surface area contributed by atoms with E-state index in [1.807, 2.05) is 6.92 Å². The van der Waals surface area contributed by atoms with Gasteiger partial charge < -0.3 is 9.84 Å². The zero-order chi connectivity index (χ0) is 12.1. The first-order valence-corrected chi connectivity index (χ1v) is 6.78. The molecule has 0 amide bonds. The highest BCUT2D eigenvalue weighted by Crippen LogP contribution is 2.26. The van der Waals surface area contributed by atoms with E-state index in [0.717, 1.165) is 24.7 Å². The molecule has 1 fully saturated rings. The van der Waals surface area contributed by atoms with Crippen LogP contribution in [0.1, 0.15) is 50.7 Å². The Kier molecular flexibility index (Phi) is 4.54. The normalized spacial score (nSPS) is 19.4. The SMILES string of the molecule is Cc1nc(CCNC(C)C2CCCCC2)no1. The Morgan fingerprint density at radius 1 is 1.35 bits per heavy atom. The lowest BCUT2D eigenvalue weighted by molar-refractivity contribution is 0.282. The highest BCUT2D eigenvalue weighted by molar-refractivity contribution is 4.85. The molecule has 0 aromatic carbocycles. The van der Waals surface area contributed by atoms with Crippen LogP contribution < -0.4 is 5.32 Å². The number of hydrogen-bond acceptors (Lipinski definition) is 4. The van der Waals surface area contributed by atoms with Crippen LogP contribution in [0.25, 0.3) is 0 Å². The van der Waals surface area contributed by atoms with Crippen LogP contribution in [-0.4, -0.2) is 22.7 Å². The van der Waals surface area contributed by atoms with Gasteiger partial charge in [0.25, 0.3) is 0 Å². The lowest BCUT2D eigenvalue weighted by Gasteiger charge is -2.28. The highest BCUT2D eigenvalue weighted by Gasteiger charge is 2.19. The van der Waals surface area contributed by atoms with Crippen LogP contribution in [0.3, 0.4) is 0 Å². The molecule has 1 aliphatic rings. The van der Waals surface area contributed by atoms with Gasteiger partial charge in [-0.2, -0.15) is 4.98 Å². The summed E-state index contributed by atoms with van der Waals surface area (Å²) in [7, 11) is 0. The number of rotatable bonds is 5. The summed E-state index contributed by atoms with van der Waals surface area (Å²) in [6.07, 6.45) is 7.85. The predicted octanol–water partition coefficient (Wildman–Crippen LogP) is 2.48. The molecule has 17 heavy (non-hydrogen) atoms. The van der Waals surface area contributed by atoms with E-state index in [2.05, 4.69) is 22.4 Å². The Bertz CT molecular complexity index is 331. The van der Waals surface area contributed by atoms with Gasteiger partial charge in [-0.25, -0.2) is 0 Å². The van der Waals surface area contributed by atoms with Gasteiger partial charge in [-0.1, -0.05) is 24.4 Å². The molecule has 0 spiro atoms. The maximum absolute atomic E-state index is 4.95. The standard InChI is InChI=1S/C13H23N3O/c1-10(12-6-4-3-5-7-12)14-9-8-13-15-11(2)17-16-13/h10,12,14H,3-9H2,1-2H3. The van der Waals surface area contributed by atoms with Crippen molar-refractivity contribution in [3.8, 4) is 0 Å². The van der Waals surface area contributed by atoms with E-state index < -0.39 is 0 Å². The molecule has 0 saturated heterocycles. The molecule has 1 aliphatic carbocycles. The van der Waals surface area contributed by atoms with Crippen LogP contribution in [0, 0.1) is 12.8 Å². The molecule has 1 unspecified atom stereocenters. The van der Waals surface area contributed by atoms with Gasteiger partial charge in [0, 0.05) is 25.9 Å². The third kappa shape index (κ3) is 3.80. The van der Waals surface area contributed by atoms with Crippen molar-refractivity contribution in [2.75, 3.05) is 6.54 Å². The largest absolute Gasteiger partial charge is 0.340 e. The van der Waals surface area contributed by atoms with Crippen LogP contribution in [0.4, 0.5) is 0 Å². The van der Waals surface area contributed by atoms with Crippen LogP contribution in [0.15, 0.2) is 4.52 Å². The molecule has 4 heteroatoms. The molecule has 1 aromatic heterocycles. The second kappa shape index (κ2) is 6.15. The van der Waals surface area contributed by atoms with E-state index in [-0.39, 0.29) is 0 Å². The Morgan fingerprint density at radius 3 is 2.76 bits per heavy atom. The number of nitrogens with zero attached hydrogens (tertiary/aromatic N) is 2. The van der Waals surface area contributed by atoms with Gasteiger partial charge in [0.05, 0.1) is 0 Å². The first-order chi connectivity index (χ1) is 8.25. The van der Waals surface area contributed by atoms with Crippen molar-refractivity contribution in [3.05, 3.63) is 11.7 Å². The number of aryl methyl sites for hydroxylation is 1. The minimum absolute atomic E-state index is 0.614. The van der Waals surface area contributed by atoms with Crippen molar-refractivity contribution in [1.82, 2.24) is 15.5 Å². The summed E-state index contributed by atoms with van der Waals surface area (Å²) in [6.45, 7) is 5.07. The van der Waals surface area contributed by atoms with E-state index in [1.165, 1.54) is 32.1 Å². The minimum atomic E-state index is 0.614. The van der Waals surface area contributed by atoms with Crippen LogP contribution >= 0.6 is 0 Å². The summed E-state index contributed by atoms with van der Waals surface area (Å²) in [5, 5.41) is 7.49. The van der Waals surface area contributed by atoms with E-state index in [1.54, 1.807) is 0 Å². The molecule has 1 aromatic rings. The Morgan fingerprint density at radius 2 is 2.12 bits per heavy atom. The van der Waals surface area contributed by atoms with E-state index >= 15 is 0 Å². The Balaban J connectivity index is 1.67. The smallest absolute Gasteiger partial charge is 0.223 e. The second-order valence-electron chi connectivity index (χ2n) is 5.12. The molecule has 0 bridgehead atoms. The maximum Gasteiger partial charge on any atom is 0.223 e. The lowest BCUT2D eigenvalue weighted by atomic mass is 9.84. The molecular weight excluding hydrogens is 214 g/mol. The molecule has 96 valence electrons. The average molecular weight is 237 g/mol. The van der Waals surface area contributed by atoms with Crippen molar-refractivity contribution in [3.63, 3.8) is 0 Å². The number of hydrogen-bond donors (Lipinski definition) is 1. The summed E-state index contributed by atoms with van der Waals surface area (Å²) < 4.78 is 4.95. The van der Waals surface area contributed by atoms with Crippen molar-refractivity contribution in [1.29, 1.82) is 0 Å². The van der Waals surface area contributed by atoms with Gasteiger partial charge in [0.1, 0.15) is 0 Å². The lowest BCUT2D eigenvalue weighted by Crippen LogP contribution is -2.36. The van der Waals surface area contributed by atoms with E-state index in [4.69, 9.17) is 4.52 Å². The molecule has 2 rings (SSSR count). The van der Waals surface area contributed by atoms with Gasteiger partial charge in [-0.15, -0.1) is 0 Å². The van der Waals surface area contributed by atoms with Crippen LogP contribution in [0.5, 0.6) is 0 Å². The van der Waals surface area contributed by atoms with Gasteiger partial charge in [0.15, 0.2) is 5.82 Å². The summed E-state index contributed by atoms with van der Waals surface area (Å²) in [5.74, 6) is 2.32. The van der Waals surface area contributed by atoms with Crippen molar-refractivity contribution in [2.24, 2.45) is 5.92 Å². The van der Waals surface area contributed by atoms with Crippen LogP contribution in [-0.2, 0) is 6.42 Å². The number of nitrogens with one attached hydrogen (secondary N) is 1. The molecule has 1 N–H and O–H groups in total. The van der Waals surface area contributed by atoms with Gasteiger partial charge in [-0.05, 0) is 25.7 Å². The molecule has 0 radical (unpaired) electrons. The van der Waals surface area contributed by atoms with E-state index in [9.17, 15) is 0 Å². The Labute approximate surface area is 103 Å². The van der Waals surface area contributed by atoms with E-state index in [0.29, 0.717) is 11.9 Å². The number of aromatic nitrogens is 2. The highest BCUT2D eigenvalue weighted by atomic mass is 16.5. The zero-order valence-electron chi connectivity index (χ0n) is 10.9. The Hall–Kier alpha value is -0.900. The van der Waals surface area contributed by atoms with Gasteiger partial charge in [-0.3, -0.25) is 0 Å². The summed E-state index contributed by atoms with van der Waals surface area (Å²) in [4.78, 5) is 4.20. The zero-order valence-corrected chi connectivity index (χ0v) is 10.9. The quantitative estimate of drug-likeness (QED) is 0.854. The summed E-state index contributed by atoms with van der Waals surface area (Å²) in [6, 6.07) is 0.614. The van der Waals surface area contributed by atoms with Gasteiger partial charge >= 0.3 is 0 Å². The second-order valence-corrected chi connectivity index (χ2v) is 5.12. The molecule has 1 saturated carbocycles. The van der Waals surface area contributed by atoms with Crippen LogP contribution in [0.2, 0.25) is 0 Å². The molecule has 1 atom stereocenters. The average Bonchev–Trinajstić information content (AvgIpc) is 2.76. The monoisotopic (exact) mass is 237 g/mol. The molecule has 1 heterocycles. The summed E-state index contributed by atoms with van der Waals surface area (Å²) in [5.41, 5.74) is 0. The van der Waals surface area contributed by atoms with Crippen molar-refractivity contribution < 1.29 is 4.52 Å². The fourth-order valence-electron chi connectivity index (χ4n) is 2.66. The van der Waals surface area contributed by atoms with Gasteiger partial charge in [0.2, 0.25) is 5.89 Å². The molecular formula is C13H23N3O. The first kappa shape index (κ1) is 12.6. The minimum Gasteiger partial charge on any atom is -0.340 e. The molecule has 4 nitrogen and oxygen atoms in total. The summed E-state index contributed by atoms with van der Waals surface area (Å²) >= 11 is 0. The topological polar surface area (TPSA) is 51.0 Å². The maximum atomic E-state index is 4.95. The third-order valence-electron chi connectivity index (χ3n) is 3.74. The first-order valence-electron chi connectivity index (χ1n) is 6.78. The molecule has 0 aliphatic heterocycles. The fourth-order valence-corrected chi connectivity index (χ4v) is 2.66.